The molecule has 454 valence electrons. The van der Waals surface area contributed by atoms with Gasteiger partial charge in [0.1, 0.15) is 46.3 Å². The second-order valence-corrected chi connectivity index (χ2v) is 22.8. The van der Waals surface area contributed by atoms with Gasteiger partial charge in [0.05, 0.1) is 68.0 Å². The number of likely N-dealkylation sites (tertiary alicyclic amines) is 1. The van der Waals surface area contributed by atoms with Crippen molar-refractivity contribution >= 4 is 80.0 Å². The second kappa shape index (κ2) is 29.8. The molecule has 85 heavy (non-hydrogen) atoms. The van der Waals surface area contributed by atoms with Crippen molar-refractivity contribution in [3.63, 3.8) is 0 Å². The van der Waals surface area contributed by atoms with E-state index < -0.39 is 35.0 Å². The number of nitrogens with one attached hydrogen (secondary N) is 3. The fourth-order valence-electron chi connectivity index (χ4n) is 11.2. The van der Waals surface area contributed by atoms with Gasteiger partial charge in [0.15, 0.2) is 5.82 Å². The highest BCUT2D eigenvalue weighted by Crippen LogP contribution is 2.44. The van der Waals surface area contributed by atoms with Crippen molar-refractivity contribution in [3.05, 3.63) is 100 Å². The molecule has 1 aliphatic carbocycles. The number of amides is 4. The van der Waals surface area contributed by atoms with Gasteiger partial charge in [-0.05, 0) is 87.4 Å². The number of rotatable bonds is 27. The van der Waals surface area contributed by atoms with E-state index in [1.165, 1.54) is 29.2 Å². The number of nitrogens with zero attached hydrogens (tertiary/aromatic N) is 7. The summed E-state index contributed by atoms with van der Waals surface area (Å²) in [5, 5.41) is 24.7. The van der Waals surface area contributed by atoms with Gasteiger partial charge < -0.3 is 59.6 Å². The van der Waals surface area contributed by atoms with Crippen molar-refractivity contribution in [1.29, 1.82) is 0 Å². The van der Waals surface area contributed by atoms with Gasteiger partial charge in [0.25, 0.3) is 0 Å². The molecule has 9 rings (SSSR count). The zero-order valence-corrected chi connectivity index (χ0v) is 50.0. The average molecular weight is 1210 g/mol. The first kappa shape index (κ1) is 62.5. The maximum Gasteiger partial charge on any atom is 0.246 e. The summed E-state index contributed by atoms with van der Waals surface area (Å²) >= 11 is 8.17. The molecule has 4 aromatic carbocycles. The van der Waals surface area contributed by atoms with Crippen LogP contribution in [0.5, 0.6) is 11.5 Å². The van der Waals surface area contributed by atoms with Gasteiger partial charge in [-0.25, -0.2) is 18.7 Å². The average Bonchev–Trinajstić information content (AvgIpc) is 4.20. The number of hydrogen-bond donors (Lipinski definition) is 4. The van der Waals surface area contributed by atoms with Crippen LogP contribution in [0.4, 0.5) is 20.5 Å². The van der Waals surface area contributed by atoms with Crippen molar-refractivity contribution in [3.8, 4) is 33.9 Å². The molecule has 23 heteroatoms. The number of carbonyl (C=O) groups excluding carboxylic acids is 4. The number of anilines is 2. The normalized spacial score (nSPS) is 16.4. The van der Waals surface area contributed by atoms with Crippen LogP contribution >= 0.6 is 22.9 Å². The molecule has 3 aliphatic rings. The minimum Gasteiger partial charge on any atom is -0.507 e. The third-order valence-corrected chi connectivity index (χ3v) is 17.3. The number of likely N-dealkylation sites (N-methyl/N-ethyl adjacent to an activating group) is 2. The van der Waals surface area contributed by atoms with E-state index in [2.05, 4.69) is 39.0 Å². The van der Waals surface area contributed by atoms with Crippen LogP contribution in [0.2, 0.25) is 5.02 Å². The second-order valence-electron chi connectivity index (χ2n) is 21.5. The molecule has 1 saturated carbocycles. The van der Waals surface area contributed by atoms with Gasteiger partial charge >= 0.3 is 0 Å². The Bertz CT molecular complexity index is 3310. The van der Waals surface area contributed by atoms with Crippen LogP contribution in [0.3, 0.4) is 0 Å². The molecule has 4 N–H and O–H groups in total. The molecule has 2 saturated heterocycles. The van der Waals surface area contributed by atoms with Gasteiger partial charge in [-0.15, -0.1) is 11.3 Å². The Morgan fingerprint density at radius 2 is 1.56 bits per heavy atom. The molecule has 4 amide bonds. The number of hydrogen-bond acceptors (Lipinski definition) is 16. The van der Waals surface area contributed by atoms with Crippen molar-refractivity contribution in [2.24, 2.45) is 5.92 Å². The van der Waals surface area contributed by atoms with Crippen molar-refractivity contribution in [2.45, 2.75) is 76.4 Å². The summed E-state index contributed by atoms with van der Waals surface area (Å²) in [6.07, 6.45) is 8.15. The summed E-state index contributed by atoms with van der Waals surface area (Å²) in [5.41, 5.74) is 0.882. The molecule has 0 bridgehead atoms. The Labute approximate surface area is 503 Å². The first-order valence-corrected chi connectivity index (χ1v) is 30.4. The van der Waals surface area contributed by atoms with E-state index in [0.29, 0.717) is 84.7 Å². The van der Waals surface area contributed by atoms with Gasteiger partial charge in [0, 0.05) is 86.6 Å². The fourth-order valence-corrected chi connectivity index (χ4v) is 12.5. The third-order valence-electron chi connectivity index (χ3n) is 16.0. The molecule has 19 nitrogen and oxygen atoms in total. The molecule has 2 aromatic heterocycles. The topological polar surface area (TPSA) is 213 Å². The largest absolute Gasteiger partial charge is 0.507 e. The Morgan fingerprint density at radius 1 is 0.847 bits per heavy atom. The van der Waals surface area contributed by atoms with E-state index in [-0.39, 0.29) is 82.6 Å². The Hall–Kier alpha value is -7.08. The van der Waals surface area contributed by atoms with Gasteiger partial charge in [-0.1, -0.05) is 67.8 Å². The highest BCUT2D eigenvalue weighted by Gasteiger charge is 2.40. The van der Waals surface area contributed by atoms with E-state index in [1.54, 1.807) is 30.3 Å². The highest BCUT2D eigenvalue weighted by molar-refractivity contribution is 7.10. The lowest BCUT2D eigenvalue weighted by molar-refractivity contribution is -0.139. The number of benzene rings is 4. The third kappa shape index (κ3) is 15.1. The van der Waals surface area contributed by atoms with Gasteiger partial charge in [-0.3, -0.25) is 19.2 Å². The summed E-state index contributed by atoms with van der Waals surface area (Å²) in [6.45, 7) is 10.2. The molecular formula is C62H75ClF2N10O9S. The number of aromatic nitrogens is 3. The molecular weight excluding hydrogens is 1130 g/mol. The summed E-state index contributed by atoms with van der Waals surface area (Å²) < 4.78 is 55.1. The summed E-state index contributed by atoms with van der Waals surface area (Å²) in [4.78, 5) is 74.2. The standard InChI is InChI=1S/C62H75ClF2N10O9S/c1-5-51(77)73-25-27-74(28-26-73)58-44-37-45(63)53(54-46(64)17-11-19-49(54)76)55(65)57(44)70-62(71-58)67-23-22-52(78)72(4)29-30-81-31-32-82-33-34-83-35-36-84-50-21-20-42(41-15-9-10-16-43(41)50)47-38-85-60(68-47)48-18-12-24-75(48)61(80)56(40-13-7-6-8-14-40)69-59(79)39(2)66-3/h5,9-11,15-17,19-21,37-40,48,56,66,76H,1,6-8,12-14,18,22-36H2,2-4H3,(H,69,79)(H,67,70,71)/t39-,48-,56?/m0/s1. The molecule has 1 unspecified atom stereocenters. The monoisotopic (exact) mass is 1210 g/mol. The zero-order valence-electron chi connectivity index (χ0n) is 48.4. The first-order valence-electron chi connectivity index (χ1n) is 29.2. The number of aromatic hydroxyl groups is 1. The molecule has 3 atom stereocenters. The smallest absolute Gasteiger partial charge is 0.246 e. The number of carbonyl (C=O) groups is 4. The van der Waals surface area contributed by atoms with Crippen LogP contribution in [0.1, 0.15) is 69.3 Å². The maximum absolute atomic E-state index is 16.5. The number of thiazole rings is 1. The predicted molar refractivity (Wildman–Crippen MR) is 325 cm³/mol. The van der Waals surface area contributed by atoms with Gasteiger partial charge in [0.2, 0.25) is 29.6 Å². The summed E-state index contributed by atoms with van der Waals surface area (Å²) in [7, 11) is 3.42. The lowest BCUT2D eigenvalue weighted by atomic mass is 9.83. The fraction of sp³-hybridized carbons (Fsp3) is 0.468. The van der Waals surface area contributed by atoms with Crippen LogP contribution in [0, 0.1) is 17.6 Å². The van der Waals surface area contributed by atoms with E-state index in [0.717, 1.165) is 83.8 Å². The number of phenols is 1. The van der Waals surface area contributed by atoms with E-state index in [1.807, 2.05) is 47.1 Å². The molecule has 0 radical (unpaired) electrons. The highest BCUT2D eigenvalue weighted by atomic mass is 35.5. The predicted octanol–water partition coefficient (Wildman–Crippen LogP) is 8.77. The SMILES string of the molecule is C=CC(=O)N1CCN(c2nc(NCCC(=O)N(C)CCOCCOCCOCCOc3ccc(-c4csc([C@@H]5CCCN5C(=O)C(NC(=O)[C@H](C)NC)C5CCCCC5)n4)c4ccccc34)nc3c(F)c(-c4c(O)cccc4F)c(Cl)cc23)CC1. The van der Waals surface area contributed by atoms with Crippen LogP contribution < -0.4 is 25.6 Å². The lowest BCUT2D eigenvalue weighted by Gasteiger charge is -2.35. The van der Waals surface area contributed by atoms with Gasteiger partial charge in [-0.2, -0.15) is 4.98 Å². The molecule has 2 aliphatic heterocycles. The quantitative estimate of drug-likeness (QED) is 0.0280. The van der Waals surface area contributed by atoms with Crippen LogP contribution in [-0.2, 0) is 33.4 Å². The lowest BCUT2D eigenvalue weighted by Crippen LogP contribution is -2.55. The minimum absolute atomic E-state index is 0.00559. The summed E-state index contributed by atoms with van der Waals surface area (Å²) in [6, 6.07) is 16.0. The van der Waals surface area contributed by atoms with Crippen molar-refractivity contribution in [2.75, 3.05) is 116 Å². The molecule has 4 heterocycles. The number of phenolic OH excluding ortho intramolecular Hbond substituents is 1. The van der Waals surface area contributed by atoms with E-state index >= 15 is 8.78 Å². The molecule has 0 spiro atoms. The number of ether oxygens (including phenoxy) is 4. The minimum atomic E-state index is -0.962. The van der Waals surface area contributed by atoms with Crippen molar-refractivity contribution in [1.82, 2.24) is 40.3 Å². The maximum atomic E-state index is 16.5. The number of fused-ring (bicyclic) bond motifs is 2. The molecule has 3 fully saturated rings. The van der Waals surface area contributed by atoms with Crippen LogP contribution in [0.25, 0.3) is 44.1 Å². The van der Waals surface area contributed by atoms with E-state index in [4.69, 9.17) is 40.5 Å². The zero-order chi connectivity index (χ0) is 60.0. The first-order chi connectivity index (χ1) is 41.3. The Kier molecular flexibility index (Phi) is 21.9. The Morgan fingerprint density at radius 3 is 2.28 bits per heavy atom. The summed E-state index contributed by atoms with van der Waals surface area (Å²) in [5.74, 6) is -1.70. The van der Waals surface area contributed by atoms with Crippen LogP contribution in [0.15, 0.2) is 78.7 Å². The Balaban J connectivity index is 0.687. The van der Waals surface area contributed by atoms with E-state index in [9.17, 15) is 24.3 Å². The molecule has 6 aromatic rings. The van der Waals surface area contributed by atoms with Crippen molar-refractivity contribution < 1.29 is 52.0 Å². The van der Waals surface area contributed by atoms with Crippen LogP contribution in [-0.4, -0.2) is 177 Å². The number of piperazine rings is 1. The number of halogens is 3.